The Labute approximate surface area is 82.2 Å². The van der Waals surface area contributed by atoms with Crippen molar-refractivity contribution in [3.63, 3.8) is 0 Å². The molecule has 72 valence electrons. The van der Waals surface area contributed by atoms with Crippen molar-refractivity contribution in [2.24, 2.45) is 0 Å². The van der Waals surface area contributed by atoms with Crippen LogP contribution in [0, 0.1) is 12.7 Å². The first-order valence-electron chi connectivity index (χ1n) is 4.20. The molecule has 0 heterocycles. The maximum Gasteiger partial charge on any atom is 0.129 e. The van der Waals surface area contributed by atoms with Gasteiger partial charge in [0, 0.05) is 11.6 Å². The van der Waals surface area contributed by atoms with E-state index in [9.17, 15) is 4.39 Å². The molecule has 1 rings (SSSR count). The van der Waals surface area contributed by atoms with Crippen molar-refractivity contribution in [3.05, 3.63) is 34.1 Å². The Kier molecular flexibility index (Phi) is 3.70. The quantitative estimate of drug-likeness (QED) is 0.799. The van der Waals surface area contributed by atoms with E-state index in [4.69, 9.17) is 16.7 Å². The molecule has 1 aromatic carbocycles. The summed E-state index contributed by atoms with van der Waals surface area (Å²) in [7, 11) is 0. The van der Waals surface area contributed by atoms with Gasteiger partial charge in [-0.15, -0.1) is 0 Å². The molecule has 1 aromatic rings. The van der Waals surface area contributed by atoms with Crippen LogP contribution < -0.4 is 0 Å². The van der Waals surface area contributed by atoms with Crippen LogP contribution in [0.3, 0.4) is 0 Å². The van der Waals surface area contributed by atoms with Crippen LogP contribution >= 0.6 is 11.6 Å². The Hall–Kier alpha value is -0.600. The maximum atomic E-state index is 13.4. The van der Waals surface area contributed by atoms with Gasteiger partial charge in [-0.25, -0.2) is 4.39 Å². The Morgan fingerprint density at radius 2 is 2.15 bits per heavy atom. The van der Waals surface area contributed by atoms with Crippen LogP contribution in [0.2, 0.25) is 5.02 Å². The minimum Gasteiger partial charge on any atom is -0.396 e. The molecule has 0 bridgehead atoms. The van der Waals surface area contributed by atoms with Crippen molar-refractivity contribution >= 4 is 11.6 Å². The van der Waals surface area contributed by atoms with E-state index in [1.165, 1.54) is 0 Å². The van der Waals surface area contributed by atoms with E-state index in [1.807, 2.05) is 0 Å². The van der Waals surface area contributed by atoms with E-state index in [0.717, 1.165) is 0 Å². The molecule has 0 aliphatic carbocycles. The second-order valence-electron chi connectivity index (χ2n) is 3.02. The van der Waals surface area contributed by atoms with Gasteiger partial charge < -0.3 is 5.11 Å². The fourth-order valence-corrected chi connectivity index (χ4v) is 1.54. The molecule has 0 saturated heterocycles. The molecule has 0 spiro atoms. The minimum absolute atomic E-state index is 0.0744. The van der Waals surface area contributed by atoms with Crippen LogP contribution in [0.25, 0.3) is 0 Å². The second kappa shape index (κ2) is 4.58. The van der Waals surface area contributed by atoms with Crippen molar-refractivity contribution in [2.45, 2.75) is 19.8 Å². The zero-order valence-electron chi connectivity index (χ0n) is 7.48. The highest BCUT2D eigenvalue weighted by molar-refractivity contribution is 6.30. The summed E-state index contributed by atoms with van der Waals surface area (Å²) in [5, 5.41) is 9.15. The fourth-order valence-electron chi connectivity index (χ4n) is 1.25. The smallest absolute Gasteiger partial charge is 0.129 e. The number of aliphatic hydroxyl groups excluding tert-OH is 1. The zero-order chi connectivity index (χ0) is 9.84. The van der Waals surface area contributed by atoms with Gasteiger partial charge in [0.25, 0.3) is 0 Å². The summed E-state index contributed by atoms with van der Waals surface area (Å²) < 4.78 is 13.4. The summed E-state index contributed by atoms with van der Waals surface area (Å²) in [4.78, 5) is 0. The minimum atomic E-state index is -0.210. The molecule has 0 aromatic heterocycles. The molecular formula is C10H12ClFO. The highest BCUT2D eigenvalue weighted by Gasteiger charge is 2.06. The predicted molar refractivity (Wildman–Crippen MR) is 51.6 cm³/mol. The molecule has 0 fully saturated rings. The fraction of sp³-hybridized carbons (Fsp3) is 0.400. The lowest BCUT2D eigenvalue weighted by atomic mass is 10.1. The number of aryl methyl sites for hydroxylation is 2. The van der Waals surface area contributed by atoms with E-state index in [-0.39, 0.29) is 12.4 Å². The molecular weight excluding hydrogens is 191 g/mol. The third kappa shape index (κ3) is 2.68. The summed E-state index contributed by atoms with van der Waals surface area (Å²) in [5.41, 5.74) is 1.14. The number of rotatable bonds is 3. The Morgan fingerprint density at radius 3 is 2.77 bits per heavy atom. The van der Waals surface area contributed by atoms with E-state index >= 15 is 0 Å². The van der Waals surface area contributed by atoms with Crippen LogP contribution in [0.1, 0.15) is 17.5 Å². The average Bonchev–Trinajstić information content (AvgIpc) is 2.09. The van der Waals surface area contributed by atoms with Crippen LogP contribution in [0.5, 0.6) is 0 Å². The van der Waals surface area contributed by atoms with Gasteiger partial charge in [0.05, 0.1) is 0 Å². The summed E-state index contributed by atoms with van der Waals surface area (Å²) in [5.74, 6) is -0.210. The van der Waals surface area contributed by atoms with E-state index in [1.54, 1.807) is 19.1 Å². The first kappa shape index (κ1) is 10.5. The van der Waals surface area contributed by atoms with Crippen molar-refractivity contribution in [1.29, 1.82) is 0 Å². The third-order valence-electron chi connectivity index (χ3n) is 1.90. The van der Waals surface area contributed by atoms with Crippen molar-refractivity contribution in [3.8, 4) is 0 Å². The molecule has 0 radical (unpaired) electrons. The first-order chi connectivity index (χ1) is 6.15. The summed E-state index contributed by atoms with van der Waals surface area (Å²) in [6, 6.07) is 3.21. The molecule has 0 aliphatic rings. The number of halogens is 2. The SMILES string of the molecule is Cc1cc(Cl)cc(CCCO)c1F. The molecule has 0 atom stereocenters. The highest BCUT2D eigenvalue weighted by atomic mass is 35.5. The maximum absolute atomic E-state index is 13.4. The van der Waals surface area contributed by atoms with Crippen LogP contribution in [0.15, 0.2) is 12.1 Å². The van der Waals surface area contributed by atoms with Crippen molar-refractivity contribution < 1.29 is 9.50 Å². The van der Waals surface area contributed by atoms with Gasteiger partial charge in [-0.3, -0.25) is 0 Å². The molecule has 0 unspecified atom stereocenters. The van der Waals surface area contributed by atoms with Crippen LogP contribution in [-0.2, 0) is 6.42 Å². The molecule has 0 amide bonds. The lowest BCUT2D eigenvalue weighted by Gasteiger charge is -2.05. The topological polar surface area (TPSA) is 20.2 Å². The summed E-state index contributed by atoms with van der Waals surface area (Å²) in [6.45, 7) is 1.76. The first-order valence-corrected chi connectivity index (χ1v) is 4.58. The predicted octanol–water partition coefficient (Wildman–Crippen LogP) is 2.71. The van der Waals surface area contributed by atoms with Gasteiger partial charge in [-0.2, -0.15) is 0 Å². The zero-order valence-corrected chi connectivity index (χ0v) is 8.24. The summed E-state index contributed by atoms with van der Waals surface area (Å²) >= 11 is 5.77. The molecule has 3 heteroatoms. The van der Waals surface area contributed by atoms with Crippen molar-refractivity contribution in [2.75, 3.05) is 6.61 Å². The molecule has 0 aliphatic heterocycles. The molecule has 1 N–H and O–H groups in total. The van der Waals surface area contributed by atoms with Crippen LogP contribution in [-0.4, -0.2) is 11.7 Å². The van der Waals surface area contributed by atoms with Gasteiger partial charge in [0.2, 0.25) is 0 Å². The molecule has 1 nitrogen and oxygen atoms in total. The number of benzene rings is 1. The number of aliphatic hydroxyl groups is 1. The summed E-state index contributed by atoms with van der Waals surface area (Å²) in [6.07, 6.45) is 1.10. The Bertz CT molecular complexity index is 299. The second-order valence-corrected chi connectivity index (χ2v) is 3.46. The van der Waals surface area contributed by atoms with E-state index < -0.39 is 0 Å². The Balaban J connectivity index is 2.92. The lowest BCUT2D eigenvalue weighted by molar-refractivity contribution is 0.288. The Morgan fingerprint density at radius 1 is 1.46 bits per heavy atom. The standard InChI is InChI=1S/C10H12ClFO/c1-7-5-9(11)6-8(10(7)12)3-2-4-13/h5-6,13H,2-4H2,1H3. The number of hydrogen-bond donors (Lipinski definition) is 1. The van der Waals surface area contributed by atoms with Crippen LogP contribution in [0.4, 0.5) is 4.39 Å². The third-order valence-corrected chi connectivity index (χ3v) is 2.12. The van der Waals surface area contributed by atoms with Crippen molar-refractivity contribution in [1.82, 2.24) is 0 Å². The van der Waals surface area contributed by atoms with E-state index in [2.05, 4.69) is 0 Å². The monoisotopic (exact) mass is 202 g/mol. The molecule has 13 heavy (non-hydrogen) atoms. The number of hydrogen-bond acceptors (Lipinski definition) is 1. The van der Waals surface area contributed by atoms with Gasteiger partial charge in [0.1, 0.15) is 5.82 Å². The highest BCUT2D eigenvalue weighted by Crippen LogP contribution is 2.20. The normalized spacial score (nSPS) is 10.5. The largest absolute Gasteiger partial charge is 0.396 e. The van der Waals surface area contributed by atoms with Gasteiger partial charge >= 0.3 is 0 Å². The van der Waals surface area contributed by atoms with Gasteiger partial charge in [-0.1, -0.05) is 11.6 Å². The van der Waals surface area contributed by atoms with E-state index in [0.29, 0.717) is 29.0 Å². The van der Waals surface area contributed by atoms with Gasteiger partial charge in [0.15, 0.2) is 0 Å². The molecule has 0 saturated carbocycles. The lowest BCUT2D eigenvalue weighted by Crippen LogP contribution is -1.96. The average molecular weight is 203 g/mol. The van der Waals surface area contributed by atoms with Gasteiger partial charge in [-0.05, 0) is 43.0 Å².